The van der Waals surface area contributed by atoms with Gasteiger partial charge in [0.05, 0.1) is 12.7 Å². The molecule has 0 amide bonds. The molecule has 0 rings (SSSR count). The quantitative estimate of drug-likeness (QED) is 0.166. The first kappa shape index (κ1) is 15.5. The third-order valence-electron chi connectivity index (χ3n) is 2.41. The van der Waals surface area contributed by atoms with Crippen molar-refractivity contribution in [3.05, 3.63) is 0 Å². The molecule has 96 valence electrons. The lowest BCUT2D eigenvalue weighted by molar-refractivity contribution is 0.113. The molecule has 0 aliphatic rings. The van der Waals surface area contributed by atoms with Crippen LogP contribution in [-0.2, 0) is 0 Å². The maximum Gasteiger partial charge on any atom is 0.144 e. The number of hydrogen-bond donors (Lipinski definition) is 4. The average Bonchev–Trinajstić information content (AvgIpc) is 2.26. The van der Waals surface area contributed by atoms with Gasteiger partial charge in [0.15, 0.2) is 0 Å². The van der Waals surface area contributed by atoms with Gasteiger partial charge in [0.25, 0.3) is 0 Å². The van der Waals surface area contributed by atoms with Crippen molar-refractivity contribution in [2.24, 2.45) is 16.3 Å². The molecular formula is C10H22N2O3S. The zero-order valence-corrected chi connectivity index (χ0v) is 10.7. The largest absolute Gasteiger partial charge is 0.409 e. The first-order chi connectivity index (χ1) is 7.44. The predicted octanol–water partition coefficient (Wildman–Crippen LogP) is 0.626. The number of rotatable bonds is 8. The molecule has 0 saturated carbocycles. The van der Waals surface area contributed by atoms with Gasteiger partial charge in [-0.05, 0) is 18.6 Å². The summed E-state index contributed by atoms with van der Waals surface area (Å²) in [4.78, 5) is 0. The molecule has 0 radical (unpaired) electrons. The standard InChI is InChI=1S/C10H22N2O3S/c1-10(2,9(11)12-15)4-3-5-16-7-8(14)6-13/h8,13-15H,3-7H2,1-2H3,(H2,11,12). The molecule has 0 aromatic rings. The van der Waals surface area contributed by atoms with Gasteiger partial charge in [-0.15, -0.1) is 0 Å². The summed E-state index contributed by atoms with van der Waals surface area (Å²) in [5.41, 5.74) is 5.25. The molecule has 0 fully saturated rings. The monoisotopic (exact) mass is 250 g/mol. The van der Waals surface area contributed by atoms with E-state index in [2.05, 4.69) is 5.16 Å². The fourth-order valence-electron chi connectivity index (χ4n) is 1.15. The van der Waals surface area contributed by atoms with Crippen molar-refractivity contribution in [3.8, 4) is 0 Å². The molecule has 0 saturated heterocycles. The van der Waals surface area contributed by atoms with Crippen LogP contribution >= 0.6 is 11.8 Å². The fourth-order valence-corrected chi connectivity index (χ4v) is 2.04. The van der Waals surface area contributed by atoms with Crippen LogP contribution in [0.2, 0.25) is 0 Å². The van der Waals surface area contributed by atoms with E-state index in [4.69, 9.17) is 21.2 Å². The van der Waals surface area contributed by atoms with E-state index >= 15 is 0 Å². The Balaban J connectivity index is 3.66. The van der Waals surface area contributed by atoms with E-state index in [0.29, 0.717) is 5.75 Å². The van der Waals surface area contributed by atoms with E-state index in [1.165, 1.54) is 0 Å². The summed E-state index contributed by atoms with van der Waals surface area (Å²) in [6, 6.07) is 0. The highest BCUT2D eigenvalue weighted by Crippen LogP contribution is 2.23. The number of aliphatic hydroxyl groups is 2. The minimum atomic E-state index is -0.637. The lowest BCUT2D eigenvalue weighted by Gasteiger charge is -2.22. The Morgan fingerprint density at radius 2 is 2.12 bits per heavy atom. The Morgan fingerprint density at radius 1 is 1.50 bits per heavy atom. The first-order valence-electron chi connectivity index (χ1n) is 5.28. The van der Waals surface area contributed by atoms with Crippen molar-refractivity contribution in [3.63, 3.8) is 0 Å². The van der Waals surface area contributed by atoms with Crippen LogP contribution in [0.3, 0.4) is 0 Å². The number of oxime groups is 1. The molecule has 1 unspecified atom stereocenters. The van der Waals surface area contributed by atoms with Crippen molar-refractivity contribution in [1.29, 1.82) is 0 Å². The Labute approximate surface area is 101 Å². The number of thioether (sulfide) groups is 1. The second-order valence-corrected chi connectivity index (χ2v) is 5.53. The van der Waals surface area contributed by atoms with Gasteiger partial charge in [-0.1, -0.05) is 19.0 Å². The summed E-state index contributed by atoms with van der Waals surface area (Å²) in [5.74, 6) is 1.67. The number of hydrogen-bond acceptors (Lipinski definition) is 5. The van der Waals surface area contributed by atoms with Gasteiger partial charge in [0.1, 0.15) is 5.84 Å². The van der Waals surface area contributed by atoms with E-state index < -0.39 is 6.10 Å². The lowest BCUT2D eigenvalue weighted by Crippen LogP contribution is -2.32. The number of amidine groups is 1. The summed E-state index contributed by atoms with van der Waals surface area (Å²) >= 11 is 1.59. The van der Waals surface area contributed by atoms with Crippen LogP contribution in [0, 0.1) is 5.41 Å². The Kier molecular flexibility index (Phi) is 7.53. The van der Waals surface area contributed by atoms with Gasteiger partial charge in [0.2, 0.25) is 0 Å². The molecule has 5 nitrogen and oxygen atoms in total. The molecule has 1 atom stereocenters. The SMILES string of the molecule is CC(C)(CCCSCC(O)CO)C(N)=NO. The van der Waals surface area contributed by atoms with Crippen LogP contribution in [-0.4, -0.2) is 45.5 Å². The van der Waals surface area contributed by atoms with Gasteiger partial charge in [0, 0.05) is 11.2 Å². The second-order valence-electron chi connectivity index (χ2n) is 4.38. The Morgan fingerprint density at radius 3 is 2.62 bits per heavy atom. The molecule has 0 spiro atoms. The molecule has 0 aliphatic heterocycles. The maximum atomic E-state index is 9.10. The van der Waals surface area contributed by atoms with Crippen LogP contribution in [0.5, 0.6) is 0 Å². The zero-order chi connectivity index (χ0) is 12.6. The minimum absolute atomic E-state index is 0.192. The minimum Gasteiger partial charge on any atom is -0.409 e. The van der Waals surface area contributed by atoms with E-state index in [-0.39, 0.29) is 17.9 Å². The summed E-state index contributed by atoms with van der Waals surface area (Å²) in [6.07, 6.45) is 1.11. The zero-order valence-electron chi connectivity index (χ0n) is 9.89. The smallest absolute Gasteiger partial charge is 0.144 e. The highest BCUT2D eigenvalue weighted by atomic mass is 32.2. The average molecular weight is 250 g/mol. The van der Waals surface area contributed by atoms with Crippen LogP contribution in [0.4, 0.5) is 0 Å². The third kappa shape index (κ3) is 6.19. The van der Waals surface area contributed by atoms with Crippen molar-refractivity contribution in [2.45, 2.75) is 32.8 Å². The molecule has 0 aromatic heterocycles. The number of nitrogens with zero attached hydrogens (tertiary/aromatic N) is 1. The predicted molar refractivity (Wildman–Crippen MR) is 66.8 cm³/mol. The molecule has 5 N–H and O–H groups in total. The van der Waals surface area contributed by atoms with Crippen molar-refractivity contribution < 1.29 is 15.4 Å². The topological polar surface area (TPSA) is 99.1 Å². The van der Waals surface area contributed by atoms with E-state index in [9.17, 15) is 0 Å². The van der Waals surface area contributed by atoms with E-state index in [1.54, 1.807) is 11.8 Å². The first-order valence-corrected chi connectivity index (χ1v) is 6.44. The molecule has 0 bridgehead atoms. The van der Waals surface area contributed by atoms with Crippen molar-refractivity contribution in [1.82, 2.24) is 0 Å². The molecule has 16 heavy (non-hydrogen) atoms. The molecular weight excluding hydrogens is 228 g/mol. The van der Waals surface area contributed by atoms with Crippen LogP contribution in [0.15, 0.2) is 5.16 Å². The van der Waals surface area contributed by atoms with Gasteiger partial charge < -0.3 is 21.2 Å². The molecule has 6 heteroatoms. The Hall–Kier alpha value is -0.460. The third-order valence-corrected chi connectivity index (χ3v) is 3.61. The van der Waals surface area contributed by atoms with Crippen LogP contribution in [0.25, 0.3) is 0 Å². The van der Waals surface area contributed by atoms with E-state index in [0.717, 1.165) is 18.6 Å². The number of aliphatic hydroxyl groups excluding tert-OH is 2. The second kappa shape index (κ2) is 7.76. The molecule has 0 aliphatic carbocycles. The maximum absolute atomic E-state index is 9.10. The summed E-state index contributed by atoms with van der Waals surface area (Å²) in [5, 5.41) is 29.3. The van der Waals surface area contributed by atoms with Gasteiger partial charge in [-0.2, -0.15) is 11.8 Å². The summed E-state index contributed by atoms with van der Waals surface area (Å²) < 4.78 is 0. The molecule has 0 aromatic carbocycles. The number of nitrogens with two attached hydrogens (primary N) is 1. The highest BCUT2D eigenvalue weighted by molar-refractivity contribution is 7.99. The molecule has 0 heterocycles. The lowest BCUT2D eigenvalue weighted by atomic mass is 9.87. The van der Waals surface area contributed by atoms with Gasteiger partial charge >= 0.3 is 0 Å². The normalized spacial score (nSPS) is 15.1. The summed E-state index contributed by atoms with van der Waals surface area (Å²) in [7, 11) is 0. The van der Waals surface area contributed by atoms with Crippen molar-refractivity contribution >= 4 is 17.6 Å². The van der Waals surface area contributed by atoms with Crippen LogP contribution in [0.1, 0.15) is 26.7 Å². The fraction of sp³-hybridized carbons (Fsp3) is 0.900. The highest BCUT2D eigenvalue weighted by Gasteiger charge is 2.22. The van der Waals surface area contributed by atoms with Gasteiger partial charge in [-0.3, -0.25) is 0 Å². The summed E-state index contributed by atoms with van der Waals surface area (Å²) in [6.45, 7) is 3.66. The Bertz CT molecular complexity index is 222. The van der Waals surface area contributed by atoms with E-state index in [1.807, 2.05) is 13.8 Å². The van der Waals surface area contributed by atoms with Crippen molar-refractivity contribution in [2.75, 3.05) is 18.1 Å². The van der Waals surface area contributed by atoms with Crippen LogP contribution < -0.4 is 5.73 Å². The van der Waals surface area contributed by atoms with Gasteiger partial charge in [-0.25, -0.2) is 0 Å².